The number of benzene rings is 2. The Morgan fingerprint density at radius 1 is 1.07 bits per heavy atom. The summed E-state index contributed by atoms with van der Waals surface area (Å²) >= 11 is 0. The second-order valence-electron chi connectivity index (χ2n) is 8.92. The number of piperidine rings is 1. The van der Waals surface area contributed by atoms with Crippen molar-refractivity contribution in [3.63, 3.8) is 0 Å². The van der Waals surface area contributed by atoms with Gasteiger partial charge >= 0.3 is 6.09 Å². The van der Waals surface area contributed by atoms with Crippen molar-refractivity contribution >= 4 is 6.09 Å². The summed E-state index contributed by atoms with van der Waals surface area (Å²) in [5.41, 5.74) is 2.74. The minimum atomic E-state index is -0.772. The number of rotatable bonds is 7. The first-order chi connectivity index (χ1) is 13.5. The minimum Gasteiger partial charge on any atom is -0.465 e. The van der Waals surface area contributed by atoms with Crippen LogP contribution in [0.2, 0.25) is 0 Å². The van der Waals surface area contributed by atoms with Gasteiger partial charge in [-0.3, -0.25) is 4.90 Å². The van der Waals surface area contributed by atoms with E-state index in [2.05, 4.69) is 79.4 Å². The predicted molar refractivity (Wildman–Crippen MR) is 111 cm³/mol. The summed E-state index contributed by atoms with van der Waals surface area (Å²) in [6.07, 6.45) is 0.318. The first-order valence-electron chi connectivity index (χ1n) is 10.3. The molecule has 4 heteroatoms. The lowest BCUT2D eigenvalue weighted by atomic mass is 9.92. The molecule has 1 amide bonds. The van der Waals surface area contributed by atoms with Crippen molar-refractivity contribution in [3.8, 4) is 0 Å². The van der Waals surface area contributed by atoms with Gasteiger partial charge in [-0.15, -0.1) is 0 Å². The Labute approximate surface area is 167 Å². The molecule has 1 heterocycles. The third-order valence-electron chi connectivity index (χ3n) is 6.41. The van der Waals surface area contributed by atoms with Gasteiger partial charge in [0.2, 0.25) is 0 Å². The summed E-state index contributed by atoms with van der Waals surface area (Å²) in [5.74, 6) is 1.01. The highest BCUT2D eigenvalue weighted by molar-refractivity contribution is 5.66. The highest BCUT2D eigenvalue weighted by atomic mass is 16.4. The summed E-state index contributed by atoms with van der Waals surface area (Å²) in [4.78, 5) is 15.8. The van der Waals surface area contributed by atoms with Gasteiger partial charge in [0.15, 0.2) is 0 Å². The van der Waals surface area contributed by atoms with Crippen molar-refractivity contribution in [3.05, 3.63) is 71.8 Å². The molecule has 1 aliphatic carbocycles. The Morgan fingerprint density at radius 2 is 1.61 bits per heavy atom. The van der Waals surface area contributed by atoms with Crippen LogP contribution in [-0.4, -0.2) is 40.1 Å². The van der Waals surface area contributed by atoms with Gasteiger partial charge in [-0.05, 0) is 23.5 Å². The van der Waals surface area contributed by atoms with Gasteiger partial charge in [-0.2, -0.15) is 0 Å². The maximum atomic E-state index is 11.6. The molecule has 0 spiro atoms. The maximum Gasteiger partial charge on any atom is 0.407 e. The van der Waals surface area contributed by atoms with Crippen molar-refractivity contribution in [1.82, 2.24) is 9.80 Å². The molecular weight excluding hydrogens is 348 g/mol. The third kappa shape index (κ3) is 3.66. The average molecular weight is 379 g/mol. The molecule has 3 unspecified atom stereocenters. The highest BCUT2D eigenvalue weighted by Gasteiger charge is 2.70. The normalized spacial score (nSPS) is 25.9. The van der Waals surface area contributed by atoms with Crippen molar-refractivity contribution in [2.75, 3.05) is 13.1 Å². The molecule has 1 N–H and O–H groups in total. The molecule has 1 aliphatic heterocycles. The van der Waals surface area contributed by atoms with E-state index in [9.17, 15) is 9.90 Å². The van der Waals surface area contributed by atoms with Crippen LogP contribution in [0.1, 0.15) is 31.4 Å². The molecule has 0 aromatic heterocycles. The molecule has 1 saturated carbocycles. The van der Waals surface area contributed by atoms with Gasteiger partial charge in [0.05, 0.1) is 0 Å². The molecule has 2 aromatic rings. The summed E-state index contributed by atoms with van der Waals surface area (Å²) in [6, 6.07) is 21.7. The average Bonchev–Trinajstić information content (AvgIpc) is 3.09. The molecule has 3 atom stereocenters. The van der Waals surface area contributed by atoms with E-state index in [1.165, 1.54) is 11.1 Å². The van der Waals surface area contributed by atoms with Crippen molar-refractivity contribution in [2.24, 2.45) is 17.3 Å². The molecule has 2 fully saturated rings. The van der Waals surface area contributed by atoms with Gasteiger partial charge in [0, 0.05) is 43.6 Å². The Morgan fingerprint density at radius 3 is 2.07 bits per heavy atom. The summed E-state index contributed by atoms with van der Waals surface area (Å²) in [7, 11) is 0. The number of fused-ring (bicyclic) bond motifs is 1. The zero-order valence-corrected chi connectivity index (χ0v) is 16.8. The van der Waals surface area contributed by atoms with Crippen molar-refractivity contribution < 1.29 is 9.90 Å². The van der Waals surface area contributed by atoms with Gasteiger partial charge in [-0.25, -0.2) is 4.79 Å². The Bertz CT molecular complexity index is 766. The first-order valence-corrected chi connectivity index (χ1v) is 10.3. The van der Waals surface area contributed by atoms with Gasteiger partial charge in [0.25, 0.3) is 0 Å². The lowest BCUT2D eigenvalue weighted by Crippen LogP contribution is -2.39. The van der Waals surface area contributed by atoms with Crippen LogP contribution >= 0.6 is 0 Å². The summed E-state index contributed by atoms with van der Waals surface area (Å²) < 4.78 is 0. The van der Waals surface area contributed by atoms with Crippen LogP contribution in [0.15, 0.2) is 60.7 Å². The van der Waals surface area contributed by atoms with Crippen LogP contribution in [0.3, 0.4) is 0 Å². The predicted octanol–water partition coefficient (Wildman–Crippen LogP) is 4.71. The van der Waals surface area contributed by atoms with Crippen LogP contribution in [0.5, 0.6) is 0 Å². The third-order valence-corrected chi connectivity index (χ3v) is 6.41. The van der Waals surface area contributed by atoms with Crippen LogP contribution in [-0.2, 0) is 13.1 Å². The smallest absolute Gasteiger partial charge is 0.407 e. The Balaban J connectivity index is 1.59. The highest BCUT2D eigenvalue weighted by Crippen LogP contribution is 2.64. The monoisotopic (exact) mass is 378 g/mol. The molecular formula is C24H30N2O2. The van der Waals surface area contributed by atoms with Gasteiger partial charge in [0.1, 0.15) is 0 Å². The number of carboxylic acid groups (broad SMARTS) is 1. The molecule has 0 bridgehead atoms. The molecule has 2 aliphatic rings. The second kappa shape index (κ2) is 7.59. The van der Waals surface area contributed by atoms with E-state index < -0.39 is 6.09 Å². The lowest BCUT2D eigenvalue weighted by molar-refractivity contribution is 0.123. The topological polar surface area (TPSA) is 43.8 Å². The molecule has 1 saturated heterocycles. The number of likely N-dealkylation sites (tertiary alicyclic amines) is 1. The molecule has 2 aromatic carbocycles. The summed E-state index contributed by atoms with van der Waals surface area (Å²) in [5, 5.41) is 9.51. The lowest BCUT2D eigenvalue weighted by Gasteiger charge is -2.30. The van der Waals surface area contributed by atoms with Gasteiger partial charge in [-0.1, -0.05) is 74.5 Å². The van der Waals surface area contributed by atoms with E-state index in [1.807, 2.05) is 0 Å². The molecule has 28 heavy (non-hydrogen) atoms. The number of hydrogen-bond acceptors (Lipinski definition) is 2. The summed E-state index contributed by atoms with van der Waals surface area (Å²) in [6.45, 7) is 7.67. The van der Waals surface area contributed by atoms with E-state index in [0.29, 0.717) is 31.0 Å². The van der Waals surface area contributed by atoms with E-state index in [0.717, 1.165) is 19.5 Å². The number of nitrogens with zero attached hydrogens (tertiary/aromatic N) is 2. The van der Waals surface area contributed by atoms with Crippen molar-refractivity contribution in [1.29, 1.82) is 0 Å². The quantitative estimate of drug-likeness (QED) is 0.759. The number of hydrogen-bond donors (Lipinski definition) is 1. The van der Waals surface area contributed by atoms with E-state index in [1.54, 1.807) is 4.90 Å². The number of amides is 1. The first kappa shape index (κ1) is 19.0. The molecule has 148 valence electrons. The van der Waals surface area contributed by atoms with E-state index in [4.69, 9.17) is 0 Å². The maximum absolute atomic E-state index is 11.6. The molecule has 0 radical (unpaired) electrons. The Hall–Kier alpha value is -2.33. The SMILES string of the molecule is CC(C)CC12CN(C(=O)O)CC1C2N(Cc1ccccc1)Cc1ccccc1. The standard InChI is InChI=1S/C24H30N2O2/c1-18(2)13-24-17-26(23(27)28)16-21(24)22(24)25(14-19-9-5-3-6-10-19)15-20-11-7-4-8-12-20/h3-12,18,21-22H,13-17H2,1-2H3,(H,27,28). The fourth-order valence-corrected chi connectivity index (χ4v) is 5.45. The van der Waals surface area contributed by atoms with Crippen molar-refractivity contribution in [2.45, 2.75) is 39.4 Å². The number of carbonyl (C=O) groups is 1. The van der Waals surface area contributed by atoms with Gasteiger partial charge < -0.3 is 10.0 Å². The van der Waals surface area contributed by atoms with E-state index >= 15 is 0 Å². The van der Waals surface area contributed by atoms with Crippen LogP contribution < -0.4 is 0 Å². The Kier molecular flexibility index (Phi) is 5.15. The fourth-order valence-electron chi connectivity index (χ4n) is 5.45. The minimum absolute atomic E-state index is 0.107. The second-order valence-corrected chi connectivity index (χ2v) is 8.92. The van der Waals surface area contributed by atoms with Crippen LogP contribution in [0, 0.1) is 17.3 Å². The van der Waals surface area contributed by atoms with Crippen LogP contribution in [0.25, 0.3) is 0 Å². The van der Waals surface area contributed by atoms with E-state index in [-0.39, 0.29) is 5.41 Å². The fraction of sp³-hybridized carbons (Fsp3) is 0.458. The zero-order chi connectivity index (χ0) is 19.7. The largest absolute Gasteiger partial charge is 0.465 e. The van der Waals surface area contributed by atoms with Crippen LogP contribution in [0.4, 0.5) is 4.79 Å². The zero-order valence-electron chi connectivity index (χ0n) is 16.8. The molecule has 4 nitrogen and oxygen atoms in total. The molecule has 4 rings (SSSR count).